The number of halogens is 1. The van der Waals surface area contributed by atoms with E-state index in [1.54, 1.807) is 23.6 Å². The maximum Gasteiger partial charge on any atom is 0.254 e. The topological polar surface area (TPSA) is 77.4 Å². The molecule has 2 heterocycles. The van der Waals surface area contributed by atoms with E-state index in [1.807, 2.05) is 18.2 Å². The lowest BCUT2D eigenvalue weighted by Gasteiger charge is -2.37. The Morgan fingerprint density at radius 2 is 1.82 bits per heavy atom. The molecule has 1 N–H and O–H groups in total. The van der Waals surface area contributed by atoms with E-state index in [2.05, 4.69) is 4.72 Å². The van der Waals surface area contributed by atoms with E-state index >= 15 is 0 Å². The van der Waals surface area contributed by atoms with Crippen LogP contribution in [0.1, 0.15) is 73.7 Å². The van der Waals surface area contributed by atoms with Gasteiger partial charge in [0, 0.05) is 17.3 Å². The minimum atomic E-state index is -3.38. The van der Waals surface area contributed by atoms with Crippen molar-refractivity contribution in [3.63, 3.8) is 0 Å². The molecular formula is C26H33FN2O4S. The second kappa shape index (κ2) is 9.55. The molecule has 2 saturated carbocycles. The number of aromatic nitrogens is 1. The zero-order chi connectivity index (χ0) is 23.9. The van der Waals surface area contributed by atoms with Gasteiger partial charge in [0.25, 0.3) is 5.56 Å². The van der Waals surface area contributed by atoms with Crippen LogP contribution >= 0.6 is 0 Å². The van der Waals surface area contributed by atoms with E-state index in [0.717, 1.165) is 36.9 Å². The monoisotopic (exact) mass is 488 g/mol. The molecule has 2 unspecified atom stereocenters. The maximum atomic E-state index is 13.6. The average molecular weight is 489 g/mol. The number of aryl methyl sites for hydroxylation is 2. The fourth-order valence-electron chi connectivity index (χ4n) is 5.51. The Morgan fingerprint density at radius 1 is 1.06 bits per heavy atom. The normalized spacial score (nSPS) is 27.4. The zero-order valence-electron chi connectivity index (χ0n) is 19.6. The number of nitrogens with one attached hydrogen (secondary N) is 1. The van der Waals surface area contributed by atoms with Gasteiger partial charge in [-0.1, -0.05) is 18.2 Å². The van der Waals surface area contributed by atoms with Gasteiger partial charge in [-0.15, -0.1) is 0 Å². The van der Waals surface area contributed by atoms with E-state index in [0.29, 0.717) is 43.8 Å². The SMILES string of the molecule is Cc1ccc2n(c1=O)C(COC1CCC(c3cccc(F)c3)CC1)C(NS(=O)(=O)C1CC1)CC2. The van der Waals surface area contributed by atoms with Gasteiger partial charge in [-0.25, -0.2) is 17.5 Å². The Labute approximate surface area is 200 Å². The van der Waals surface area contributed by atoms with Crippen molar-refractivity contribution in [3.05, 3.63) is 69.4 Å². The van der Waals surface area contributed by atoms with Crippen molar-refractivity contribution in [3.8, 4) is 0 Å². The minimum Gasteiger partial charge on any atom is -0.376 e. The van der Waals surface area contributed by atoms with Gasteiger partial charge in [0.05, 0.1) is 24.0 Å². The van der Waals surface area contributed by atoms with Crippen molar-refractivity contribution in [2.75, 3.05) is 6.61 Å². The lowest BCUT2D eigenvalue weighted by Crippen LogP contribution is -2.50. The molecule has 3 aliphatic rings. The number of fused-ring (bicyclic) bond motifs is 1. The molecule has 184 valence electrons. The smallest absolute Gasteiger partial charge is 0.254 e. The minimum absolute atomic E-state index is 0.0522. The summed E-state index contributed by atoms with van der Waals surface area (Å²) in [6.07, 6.45) is 6.33. The third-order valence-corrected chi connectivity index (χ3v) is 9.66. The summed E-state index contributed by atoms with van der Waals surface area (Å²) in [5, 5.41) is -0.303. The molecule has 1 aromatic heterocycles. The number of benzene rings is 1. The number of sulfonamides is 1. The summed E-state index contributed by atoms with van der Waals surface area (Å²) in [5.74, 6) is 0.126. The number of rotatable bonds is 7. The highest BCUT2D eigenvalue weighted by Crippen LogP contribution is 2.35. The van der Waals surface area contributed by atoms with Crippen LogP contribution in [-0.2, 0) is 21.2 Å². The first-order chi connectivity index (χ1) is 16.3. The van der Waals surface area contributed by atoms with Crippen molar-refractivity contribution in [1.82, 2.24) is 9.29 Å². The van der Waals surface area contributed by atoms with E-state index in [1.165, 1.54) is 6.07 Å². The largest absolute Gasteiger partial charge is 0.376 e. The first-order valence-electron chi connectivity index (χ1n) is 12.4. The van der Waals surface area contributed by atoms with Gasteiger partial charge in [-0.05, 0) is 88.0 Å². The average Bonchev–Trinajstić information content (AvgIpc) is 3.67. The summed E-state index contributed by atoms with van der Waals surface area (Å²) < 4.78 is 50.0. The van der Waals surface area contributed by atoms with E-state index < -0.39 is 10.0 Å². The highest BCUT2D eigenvalue weighted by molar-refractivity contribution is 7.90. The van der Waals surface area contributed by atoms with Crippen LogP contribution in [0, 0.1) is 12.7 Å². The molecule has 34 heavy (non-hydrogen) atoms. The van der Waals surface area contributed by atoms with E-state index in [-0.39, 0.29) is 34.8 Å². The van der Waals surface area contributed by atoms with Crippen LogP contribution in [0.25, 0.3) is 0 Å². The Bertz CT molecular complexity index is 1200. The Balaban J connectivity index is 1.29. The van der Waals surface area contributed by atoms with Crippen molar-refractivity contribution in [1.29, 1.82) is 0 Å². The molecule has 2 atom stereocenters. The Kier molecular flexibility index (Phi) is 6.66. The second-order valence-corrected chi connectivity index (χ2v) is 12.1. The van der Waals surface area contributed by atoms with E-state index in [4.69, 9.17) is 4.74 Å². The predicted octanol–water partition coefficient (Wildman–Crippen LogP) is 3.98. The molecule has 0 bridgehead atoms. The predicted molar refractivity (Wildman–Crippen MR) is 129 cm³/mol. The molecule has 6 nitrogen and oxygen atoms in total. The number of nitrogens with zero attached hydrogens (tertiary/aromatic N) is 1. The fourth-order valence-corrected chi connectivity index (χ4v) is 7.15. The van der Waals surface area contributed by atoms with Gasteiger partial charge in [-0.2, -0.15) is 0 Å². The fraction of sp³-hybridized carbons (Fsp3) is 0.577. The van der Waals surface area contributed by atoms with E-state index in [9.17, 15) is 17.6 Å². The lowest BCUT2D eigenvalue weighted by molar-refractivity contribution is -0.00170. The Hall–Kier alpha value is -2.03. The quantitative estimate of drug-likeness (QED) is 0.640. The molecule has 0 radical (unpaired) electrons. The summed E-state index contributed by atoms with van der Waals surface area (Å²) in [6, 6.07) is 9.92. The number of hydrogen-bond acceptors (Lipinski definition) is 4. The Morgan fingerprint density at radius 3 is 2.53 bits per heavy atom. The highest BCUT2D eigenvalue weighted by atomic mass is 32.2. The molecule has 1 aromatic carbocycles. The lowest BCUT2D eigenvalue weighted by atomic mass is 9.82. The third kappa shape index (κ3) is 4.99. The highest BCUT2D eigenvalue weighted by Gasteiger charge is 2.40. The maximum absolute atomic E-state index is 13.6. The molecule has 2 aromatic rings. The summed E-state index contributed by atoms with van der Waals surface area (Å²) in [6.45, 7) is 2.09. The van der Waals surface area contributed by atoms with Crippen molar-refractivity contribution in [2.45, 2.75) is 87.6 Å². The van der Waals surface area contributed by atoms with Crippen molar-refractivity contribution >= 4 is 10.0 Å². The van der Waals surface area contributed by atoms with Crippen LogP contribution in [0.4, 0.5) is 4.39 Å². The molecule has 0 saturated heterocycles. The number of hydrogen-bond donors (Lipinski definition) is 1. The molecule has 0 amide bonds. The van der Waals surface area contributed by atoms with Gasteiger partial charge in [0.2, 0.25) is 10.0 Å². The summed E-state index contributed by atoms with van der Waals surface area (Å²) in [4.78, 5) is 13.1. The van der Waals surface area contributed by atoms with Gasteiger partial charge < -0.3 is 9.30 Å². The van der Waals surface area contributed by atoms with Crippen LogP contribution in [0.3, 0.4) is 0 Å². The molecule has 1 aliphatic heterocycles. The van der Waals surface area contributed by atoms with Crippen LogP contribution in [-0.4, -0.2) is 37.0 Å². The van der Waals surface area contributed by atoms with Crippen LogP contribution < -0.4 is 10.3 Å². The number of ether oxygens (including phenoxy) is 1. The molecule has 2 fully saturated rings. The summed E-state index contributed by atoms with van der Waals surface area (Å²) in [7, 11) is -3.38. The molecule has 0 spiro atoms. The van der Waals surface area contributed by atoms with Crippen LogP contribution in [0.2, 0.25) is 0 Å². The molecular weight excluding hydrogens is 455 g/mol. The standard InChI is InChI=1S/C26H33FN2O4S/c1-17-5-8-21-9-14-24(28-34(31,32)23-12-13-23)25(29(21)26(17)30)16-33-22-10-6-18(7-11-22)19-3-2-4-20(27)15-19/h2-5,8,15,18,22-25,28H,6-7,9-14,16H2,1H3. The van der Waals surface area contributed by atoms with Gasteiger partial charge in [0.1, 0.15) is 5.82 Å². The third-order valence-electron chi connectivity index (χ3n) is 7.67. The molecule has 5 rings (SSSR count). The summed E-state index contributed by atoms with van der Waals surface area (Å²) >= 11 is 0. The van der Waals surface area contributed by atoms with Gasteiger partial charge >= 0.3 is 0 Å². The zero-order valence-corrected chi connectivity index (χ0v) is 20.4. The second-order valence-electron chi connectivity index (χ2n) is 10.1. The van der Waals surface area contributed by atoms with Crippen LogP contribution in [0.5, 0.6) is 0 Å². The molecule has 2 aliphatic carbocycles. The van der Waals surface area contributed by atoms with Gasteiger partial charge in [0.15, 0.2) is 0 Å². The summed E-state index contributed by atoms with van der Waals surface area (Å²) in [5.41, 5.74) is 2.54. The van der Waals surface area contributed by atoms with Crippen molar-refractivity contribution in [2.24, 2.45) is 0 Å². The first-order valence-corrected chi connectivity index (χ1v) is 14.0. The van der Waals surface area contributed by atoms with Crippen LogP contribution in [0.15, 0.2) is 41.2 Å². The molecule has 8 heteroatoms. The number of pyridine rings is 1. The van der Waals surface area contributed by atoms with Crippen molar-refractivity contribution < 1.29 is 17.5 Å². The van der Waals surface area contributed by atoms with Gasteiger partial charge in [-0.3, -0.25) is 4.79 Å². The first kappa shape index (κ1) is 23.7.